The molecule has 1 saturated carbocycles. The van der Waals surface area contributed by atoms with Crippen LogP contribution in [0.4, 0.5) is 13.2 Å². The van der Waals surface area contributed by atoms with Crippen LogP contribution in [0.1, 0.15) is 29.9 Å². The van der Waals surface area contributed by atoms with Crippen LogP contribution in [-0.2, 0) is 15.7 Å². The maximum Gasteiger partial charge on any atom is 0.416 e. The van der Waals surface area contributed by atoms with Crippen LogP contribution in [0.25, 0.3) is 0 Å². The molecule has 1 aliphatic carbocycles. The third-order valence-electron chi connectivity index (χ3n) is 3.52. The summed E-state index contributed by atoms with van der Waals surface area (Å²) in [4.78, 5) is 11.4. The average molecular weight is 273 g/mol. The lowest BCUT2D eigenvalue weighted by Gasteiger charge is -2.42. The van der Waals surface area contributed by atoms with E-state index in [1.54, 1.807) is 0 Å². The first-order chi connectivity index (χ1) is 8.76. The fraction of sp³-hybridized carbons (Fsp3) is 0.462. The van der Waals surface area contributed by atoms with Gasteiger partial charge in [-0.3, -0.25) is 4.79 Å². The maximum atomic E-state index is 12.4. The summed E-state index contributed by atoms with van der Waals surface area (Å²) in [6.45, 7) is 0. The van der Waals surface area contributed by atoms with E-state index < -0.39 is 23.2 Å². The summed E-state index contributed by atoms with van der Waals surface area (Å²) in [5, 5.41) is 0. The fourth-order valence-corrected chi connectivity index (χ4v) is 2.37. The van der Waals surface area contributed by atoms with E-state index in [1.165, 1.54) is 19.2 Å². The standard InChI is InChI=1S/C13H14F3NO2/c1-19-11(18)12(17)6-9(7-12)8-2-4-10(5-3-8)13(14,15)16/h2-5,9H,6-7,17H2,1H3. The predicted octanol–water partition coefficient (Wildman–Crippen LogP) is 2.45. The van der Waals surface area contributed by atoms with E-state index in [1.807, 2.05) is 0 Å². The van der Waals surface area contributed by atoms with Crippen LogP contribution in [-0.4, -0.2) is 18.6 Å². The van der Waals surface area contributed by atoms with Crippen LogP contribution in [0.5, 0.6) is 0 Å². The Kier molecular flexibility index (Phi) is 3.30. The molecule has 2 rings (SSSR count). The Hall–Kier alpha value is -1.56. The summed E-state index contributed by atoms with van der Waals surface area (Å²) in [5.41, 5.74) is 4.92. The van der Waals surface area contributed by atoms with Gasteiger partial charge >= 0.3 is 12.1 Å². The second kappa shape index (κ2) is 4.52. The number of methoxy groups -OCH3 is 1. The van der Waals surface area contributed by atoms with E-state index in [0.29, 0.717) is 12.8 Å². The highest BCUT2D eigenvalue weighted by Gasteiger charge is 2.48. The Bertz CT molecular complexity index is 476. The molecule has 0 unspecified atom stereocenters. The number of hydrogen-bond donors (Lipinski definition) is 1. The van der Waals surface area contributed by atoms with E-state index in [0.717, 1.165) is 17.7 Å². The van der Waals surface area contributed by atoms with Gasteiger partial charge in [0.1, 0.15) is 5.54 Å². The van der Waals surface area contributed by atoms with Crippen LogP contribution in [0.2, 0.25) is 0 Å². The van der Waals surface area contributed by atoms with E-state index >= 15 is 0 Å². The Morgan fingerprint density at radius 3 is 2.26 bits per heavy atom. The molecule has 1 aromatic carbocycles. The van der Waals surface area contributed by atoms with Crippen molar-refractivity contribution in [2.24, 2.45) is 5.73 Å². The van der Waals surface area contributed by atoms with Gasteiger partial charge in [0.15, 0.2) is 0 Å². The minimum Gasteiger partial charge on any atom is -0.468 e. The number of carbonyl (C=O) groups excluding carboxylic acids is 1. The van der Waals surface area contributed by atoms with Crippen molar-refractivity contribution in [3.8, 4) is 0 Å². The first kappa shape index (κ1) is 13.9. The molecule has 2 N–H and O–H groups in total. The van der Waals surface area contributed by atoms with Crippen LogP contribution in [0.3, 0.4) is 0 Å². The molecule has 1 fully saturated rings. The molecular formula is C13H14F3NO2. The second-order valence-electron chi connectivity index (χ2n) is 4.87. The maximum absolute atomic E-state index is 12.4. The minimum atomic E-state index is -4.33. The summed E-state index contributed by atoms with van der Waals surface area (Å²) in [6, 6.07) is 4.96. The SMILES string of the molecule is COC(=O)C1(N)CC(c2ccc(C(F)(F)F)cc2)C1. The highest BCUT2D eigenvalue weighted by atomic mass is 19.4. The number of ether oxygens (including phenoxy) is 1. The molecule has 0 spiro atoms. The van der Waals surface area contributed by atoms with Gasteiger partial charge in [0.25, 0.3) is 0 Å². The predicted molar refractivity (Wildman–Crippen MR) is 62.4 cm³/mol. The summed E-state index contributed by atoms with van der Waals surface area (Å²) in [5.74, 6) is -0.470. The number of halogens is 3. The third-order valence-corrected chi connectivity index (χ3v) is 3.52. The van der Waals surface area contributed by atoms with Crippen LogP contribution in [0.15, 0.2) is 24.3 Å². The molecule has 104 valence electrons. The van der Waals surface area contributed by atoms with Gasteiger partial charge in [-0.1, -0.05) is 12.1 Å². The summed E-state index contributed by atoms with van der Waals surface area (Å²) in [7, 11) is 1.27. The number of benzene rings is 1. The average Bonchev–Trinajstić information content (AvgIpc) is 2.33. The number of alkyl halides is 3. The molecule has 0 aromatic heterocycles. The Morgan fingerprint density at radius 2 is 1.84 bits per heavy atom. The van der Waals surface area contributed by atoms with Gasteiger partial charge in [0.2, 0.25) is 0 Å². The van der Waals surface area contributed by atoms with E-state index in [2.05, 4.69) is 4.74 Å². The van der Waals surface area contributed by atoms with Crippen LogP contribution in [0, 0.1) is 0 Å². The van der Waals surface area contributed by atoms with Gasteiger partial charge < -0.3 is 10.5 Å². The topological polar surface area (TPSA) is 52.3 Å². The zero-order valence-corrected chi connectivity index (χ0v) is 10.3. The Labute approximate surface area is 108 Å². The lowest BCUT2D eigenvalue weighted by atomic mass is 9.66. The molecule has 0 bridgehead atoms. The van der Waals surface area contributed by atoms with Gasteiger partial charge in [-0.2, -0.15) is 13.2 Å². The van der Waals surface area contributed by atoms with Crippen molar-refractivity contribution in [1.82, 2.24) is 0 Å². The molecule has 1 aromatic rings. The van der Waals surface area contributed by atoms with Gasteiger partial charge in [-0.25, -0.2) is 0 Å². The van der Waals surface area contributed by atoms with Gasteiger partial charge in [-0.05, 0) is 36.5 Å². The van der Waals surface area contributed by atoms with Gasteiger partial charge in [0, 0.05) is 0 Å². The lowest BCUT2D eigenvalue weighted by Crippen LogP contribution is -2.57. The molecule has 19 heavy (non-hydrogen) atoms. The highest BCUT2D eigenvalue weighted by molar-refractivity contribution is 5.82. The van der Waals surface area contributed by atoms with E-state index in [-0.39, 0.29) is 5.92 Å². The minimum absolute atomic E-state index is 0.00591. The number of nitrogens with two attached hydrogens (primary N) is 1. The van der Waals surface area contributed by atoms with Crippen molar-refractivity contribution in [2.75, 3.05) is 7.11 Å². The van der Waals surface area contributed by atoms with Crippen molar-refractivity contribution in [3.63, 3.8) is 0 Å². The largest absolute Gasteiger partial charge is 0.468 e. The molecule has 0 atom stereocenters. The molecule has 6 heteroatoms. The summed E-state index contributed by atoms with van der Waals surface area (Å²) < 4.78 is 41.8. The van der Waals surface area contributed by atoms with E-state index in [4.69, 9.17) is 5.73 Å². The monoisotopic (exact) mass is 273 g/mol. The number of carbonyl (C=O) groups is 1. The summed E-state index contributed by atoms with van der Waals surface area (Å²) in [6.07, 6.45) is -3.54. The van der Waals surface area contributed by atoms with Crippen molar-refractivity contribution in [3.05, 3.63) is 35.4 Å². The van der Waals surface area contributed by atoms with E-state index in [9.17, 15) is 18.0 Å². The van der Waals surface area contributed by atoms with Gasteiger partial charge in [0.05, 0.1) is 12.7 Å². The molecule has 1 aliphatic rings. The number of hydrogen-bond acceptors (Lipinski definition) is 3. The number of esters is 1. The fourth-order valence-electron chi connectivity index (χ4n) is 2.37. The first-order valence-electron chi connectivity index (χ1n) is 5.81. The molecule has 0 heterocycles. The Balaban J connectivity index is 2.05. The second-order valence-corrected chi connectivity index (χ2v) is 4.87. The molecule has 0 aliphatic heterocycles. The summed E-state index contributed by atoms with van der Waals surface area (Å²) >= 11 is 0. The highest BCUT2D eigenvalue weighted by Crippen LogP contribution is 2.44. The lowest BCUT2D eigenvalue weighted by molar-refractivity contribution is -0.151. The van der Waals surface area contributed by atoms with Gasteiger partial charge in [-0.15, -0.1) is 0 Å². The first-order valence-corrected chi connectivity index (χ1v) is 5.81. The van der Waals surface area contributed by atoms with Crippen LogP contribution < -0.4 is 5.73 Å². The normalized spacial score (nSPS) is 26.7. The Morgan fingerprint density at radius 1 is 1.32 bits per heavy atom. The zero-order valence-electron chi connectivity index (χ0n) is 10.3. The zero-order chi connectivity index (χ0) is 14.3. The number of rotatable bonds is 2. The molecule has 3 nitrogen and oxygen atoms in total. The molecule has 0 radical (unpaired) electrons. The quantitative estimate of drug-likeness (QED) is 0.842. The third kappa shape index (κ3) is 2.58. The molecule has 0 saturated heterocycles. The molecule has 0 amide bonds. The van der Waals surface area contributed by atoms with Crippen molar-refractivity contribution in [1.29, 1.82) is 0 Å². The van der Waals surface area contributed by atoms with Crippen molar-refractivity contribution >= 4 is 5.97 Å². The van der Waals surface area contributed by atoms with Crippen molar-refractivity contribution < 1.29 is 22.7 Å². The smallest absolute Gasteiger partial charge is 0.416 e. The van der Waals surface area contributed by atoms with Crippen LogP contribution >= 0.6 is 0 Å². The van der Waals surface area contributed by atoms with Crippen molar-refractivity contribution in [2.45, 2.75) is 30.5 Å². The molecular weight excluding hydrogens is 259 g/mol.